The van der Waals surface area contributed by atoms with Crippen LogP contribution in [-0.4, -0.2) is 15.3 Å². The van der Waals surface area contributed by atoms with Crippen molar-refractivity contribution in [1.82, 2.24) is 0 Å². The lowest BCUT2D eigenvalue weighted by molar-refractivity contribution is 0.474. The molecule has 0 amide bonds. The second-order valence-electron chi connectivity index (χ2n) is 4.65. The average molecular weight is 331 g/mol. The molecule has 0 heterocycles. The number of aryl methyl sites for hydroxylation is 1. The van der Waals surface area contributed by atoms with Crippen LogP contribution in [0.5, 0.6) is 17.2 Å². The molecule has 3 rings (SSSR count). The first kappa shape index (κ1) is 18.4. The predicted molar refractivity (Wildman–Crippen MR) is 94.1 cm³/mol. The molecule has 3 N–H and O–H groups in total. The highest BCUT2D eigenvalue weighted by Crippen LogP contribution is 2.12. The first-order valence-electron chi connectivity index (χ1n) is 6.91. The van der Waals surface area contributed by atoms with Gasteiger partial charge in [-0.25, -0.2) is 0 Å². The molecule has 0 aliphatic rings. The first-order valence-corrected chi connectivity index (χ1v) is 7.29. The fourth-order valence-corrected chi connectivity index (χ4v) is 1.62. The highest BCUT2D eigenvalue weighted by molar-refractivity contribution is 6.30. The van der Waals surface area contributed by atoms with E-state index in [4.69, 9.17) is 26.9 Å². The summed E-state index contributed by atoms with van der Waals surface area (Å²) < 4.78 is 0. The van der Waals surface area contributed by atoms with Gasteiger partial charge in [-0.15, -0.1) is 0 Å². The van der Waals surface area contributed by atoms with Crippen LogP contribution in [0.4, 0.5) is 0 Å². The molecule has 3 aromatic rings. The Balaban J connectivity index is 0.000000173. The molecular weight excluding hydrogens is 312 g/mol. The lowest BCUT2D eigenvalue weighted by Gasteiger charge is -1.89. The standard InChI is InChI=1S/C7H8O.C6H5ClO.C6H6O/c1-6-3-2-4-7(8)5-6;7-5-1-3-6(8)4-2-5;7-6-4-2-1-3-5-6/h2-5,8H,1H3;1-4,8H;1-5,7H. The number of phenolic OH excluding ortho intramolecular Hbond substituents is 3. The normalized spacial score (nSPS) is 8.96. The zero-order valence-corrected chi connectivity index (χ0v) is 13.5. The first-order chi connectivity index (χ1) is 11.0. The van der Waals surface area contributed by atoms with Crippen molar-refractivity contribution in [2.24, 2.45) is 0 Å². The van der Waals surface area contributed by atoms with Crippen LogP contribution in [0.2, 0.25) is 5.02 Å². The van der Waals surface area contributed by atoms with Crippen LogP contribution in [-0.2, 0) is 0 Å². The minimum Gasteiger partial charge on any atom is -0.508 e. The van der Waals surface area contributed by atoms with Crippen LogP contribution >= 0.6 is 11.6 Å². The van der Waals surface area contributed by atoms with Crippen molar-refractivity contribution in [1.29, 1.82) is 0 Å². The molecule has 0 fully saturated rings. The van der Waals surface area contributed by atoms with Crippen molar-refractivity contribution in [2.45, 2.75) is 6.92 Å². The molecule has 3 aromatic carbocycles. The summed E-state index contributed by atoms with van der Waals surface area (Å²) in [7, 11) is 0. The Bertz CT molecular complexity index is 644. The summed E-state index contributed by atoms with van der Waals surface area (Å²) in [6, 6.07) is 22.2. The van der Waals surface area contributed by atoms with Crippen molar-refractivity contribution >= 4 is 11.6 Å². The molecule has 0 saturated heterocycles. The molecule has 0 bridgehead atoms. The monoisotopic (exact) mass is 330 g/mol. The van der Waals surface area contributed by atoms with Gasteiger partial charge in [-0.05, 0) is 61.0 Å². The maximum Gasteiger partial charge on any atom is 0.115 e. The van der Waals surface area contributed by atoms with Gasteiger partial charge in [-0.3, -0.25) is 0 Å². The number of para-hydroxylation sites is 1. The SMILES string of the molecule is Cc1cccc(O)c1.Oc1ccc(Cl)cc1.Oc1ccccc1. The van der Waals surface area contributed by atoms with Gasteiger partial charge in [0.05, 0.1) is 0 Å². The highest BCUT2D eigenvalue weighted by atomic mass is 35.5. The third-order valence-electron chi connectivity index (χ3n) is 2.58. The molecule has 3 nitrogen and oxygen atoms in total. The second-order valence-corrected chi connectivity index (χ2v) is 5.09. The van der Waals surface area contributed by atoms with E-state index in [1.807, 2.05) is 25.1 Å². The summed E-state index contributed by atoms with van der Waals surface area (Å²) in [6.07, 6.45) is 0. The summed E-state index contributed by atoms with van der Waals surface area (Å²) in [4.78, 5) is 0. The smallest absolute Gasteiger partial charge is 0.115 e. The van der Waals surface area contributed by atoms with E-state index in [0.29, 0.717) is 16.5 Å². The van der Waals surface area contributed by atoms with Gasteiger partial charge < -0.3 is 15.3 Å². The fraction of sp³-hybridized carbons (Fsp3) is 0.0526. The molecule has 23 heavy (non-hydrogen) atoms. The van der Waals surface area contributed by atoms with Crippen LogP contribution in [0.1, 0.15) is 5.56 Å². The molecular formula is C19H19ClO3. The minimum absolute atomic E-state index is 0.245. The number of phenols is 3. The van der Waals surface area contributed by atoms with Gasteiger partial charge in [0.1, 0.15) is 17.2 Å². The molecule has 0 atom stereocenters. The number of benzene rings is 3. The van der Waals surface area contributed by atoms with Crippen LogP contribution < -0.4 is 0 Å². The van der Waals surface area contributed by atoms with Crippen LogP contribution in [0.3, 0.4) is 0 Å². The molecule has 0 unspecified atom stereocenters. The van der Waals surface area contributed by atoms with E-state index >= 15 is 0 Å². The number of rotatable bonds is 0. The number of halogens is 1. The van der Waals surface area contributed by atoms with Crippen molar-refractivity contribution in [3.63, 3.8) is 0 Å². The molecule has 0 aliphatic heterocycles. The van der Waals surface area contributed by atoms with Gasteiger partial charge in [-0.1, -0.05) is 41.9 Å². The van der Waals surface area contributed by atoms with Crippen molar-refractivity contribution in [3.8, 4) is 17.2 Å². The van der Waals surface area contributed by atoms with Crippen molar-refractivity contribution < 1.29 is 15.3 Å². The summed E-state index contributed by atoms with van der Waals surface area (Å²) in [6.45, 7) is 1.94. The second kappa shape index (κ2) is 10.1. The summed E-state index contributed by atoms with van der Waals surface area (Å²) in [5.41, 5.74) is 1.09. The number of aromatic hydroxyl groups is 3. The van der Waals surface area contributed by atoms with E-state index in [1.54, 1.807) is 60.7 Å². The largest absolute Gasteiger partial charge is 0.508 e. The minimum atomic E-state index is 0.245. The van der Waals surface area contributed by atoms with Crippen LogP contribution in [0, 0.1) is 6.92 Å². The molecule has 0 aliphatic carbocycles. The van der Waals surface area contributed by atoms with Gasteiger partial charge >= 0.3 is 0 Å². The van der Waals surface area contributed by atoms with E-state index < -0.39 is 0 Å². The van der Waals surface area contributed by atoms with Gasteiger partial charge in [0, 0.05) is 5.02 Å². The molecule has 0 saturated carbocycles. The number of hydrogen-bond acceptors (Lipinski definition) is 3. The van der Waals surface area contributed by atoms with Gasteiger partial charge in [0.15, 0.2) is 0 Å². The lowest BCUT2D eigenvalue weighted by Crippen LogP contribution is -1.66. The summed E-state index contributed by atoms with van der Waals surface area (Å²) in [5.74, 6) is 0.905. The summed E-state index contributed by atoms with van der Waals surface area (Å²) >= 11 is 5.50. The van der Waals surface area contributed by atoms with Crippen LogP contribution in [0.25, 0.3) is 0 Å². The van der Waals surface area contributed by atoms with Gasteiger partial charge in [0.2, 0.25) is 0 Å². The Labute approximate surface area is 141 Å². The van der Waals surface area contributed by atoms with Gasteiger partial charge in [0.25, 0.3) is 0 Å². The molecule has 0 spiro atoms. The quantitative estimate of drug-likeness (QED) is 0.535. The van der Waals surface area contributed by atoms with E-state index in [0.717, 1.165) is 5.56 Å². The fourth-order valence-electron chi connectivity index (χ4n) is 1.50. The lowest BCUT2D eigenvalue weighted by atomic mass is 10.2. The van der Waals surface area contributed by atoms with E-state index in [2.05, 4.69) is 0 Å². The molecule has 120 valence electrons. The maximum absolute atomic E-state index is 8.81. The predicted octanol–water partition coefficient (Wildman–Crippen LogP) is 5.14. The Kier molecular flexibility index (Phi) is 8.11. The van der Waals surface area contributed by atoms with Crippen LogP contribution in [0.15, 0.2) is 78.9 Å². The van der Waals surface area contributed by atoms with Crippen molar-refractivity contribution in [2.75, 3.05) is 0 Å². The zero-order chi connectivity index (χ0) is 17.1. The summed E-state index contributed by atoms with van der Waals surface area (Å²) in [5, 5.41) is 26.8. The topological polar surface area (TPSA) is 60.7 Å². The van der Waals surface area contributed by atoms with Gasteiger partial charge in [-0.2, -0.15) is 0 Å². The Morgan fingerprint density at radius 2 is 1.13 bits per heavy atom. The average Bonchev–Trinajstić information content (AvgIpc) is 2.52. The van der Waals surface area contributed by atoms with E-state index in [-0.39, 0.29) is 5.75 Å². The molecule has 0 aromatic heterocycles. The van der Waals surface area contributed by atoms with E-state index in [1.165, 1.54) is 0 Å². The maximum atomic E-state index is 8.81. The Hall–Kier alpha value is -2.65. The van der Waals surface area contributed by atoms with Crippen molar-refractivity contribution in [3.05, 3.63) is 89.4 Å². The zero-order valence-electron chi connectivity index (χ0n) is 12.7. The molecule has 0 radical (unpaired) electrons. The number of hydrogen-bond donors (Lipinski definition) is 3. The molecule has 4 heteroatoms. The van der Waals surface area contributed by atoms with E-state index in [9.17, 15) is 0 Å². The third kappa shape index (κ3) is 9.06. The Morgan fingerprint density at radius 3 is 1.48 bits per heavy atom. The highest BCUT2D eigenvalue weighted by Gasteiger charge is 1.84. The Morgan fingerprint density at radius 1 is 0.609 bits per heavy atom. The third-order valence-corrected chi connectivity index (χ3v) is 2.84.